The van der Waals surface area contributed by atoms with E-state index in [0.29, 0.717) is 11.3 Å². The van der Waals surface area contributed by atoms with E-state index < -0.39 is 0 Å². The standard InChI is InChI=1S/C8H9N3.ClH/c1-6(10)8-7(5-9)3-2-4-11-8;/h2-4,6H,10H2,1H3;1H/t6-;/m1./s1. The molecule has 0 aliphatic carbocycles. The first-order valence-electron chi connectivity index (χ1n) is 3.36. The van der Waals surface area contributed by atoms with Crippen molar-refractivity contribution in [2.45, 2.75) is 13.0 Å². The first-order chi connectivity index (χ1) is 5.25. The second kappa shape index (κ2) is 4.70. The van der Waals surface area contributed by atoms with E-state index in [2.05, 4.69) is 4.98 Å². The van der Waals surface area contributed by atoms with Crippen molar-refractivity contribution < 1.29 is 0 Å². The lowest BCUT2D eigenvalue weighted by molar-refractivity contribution is 0.777. The highest BCUT2D eigenvalue weighted by atomic mass is 35.5. The number of hydrogen-bond acceptors (Lipinski definition) is 3. The summed E-state index contributed by atoms with van der Waals surface area (Å²) >= 11 is 0. The highest BCUT2D eigenvalue weighted by Gasteiger charge is 2.05. The summed E-state index contributed by atoms with van der Waals surface area (Å²) in [7, 11) is 0. The van der Waals surface area contributed by atoms with Gasteiger partial charge < -0.3 is 5.73 Å². The lowest BCUT2D eigenvalue weighted by Crippen LogP contribution is -2.09. The van der Waals surface area contributed by atoms with Crippen LogP contribution in [0.2, 0.25) is 0 Å². The zero-order chi connectivity index (χ0) is 8.27. The molecule has 0 bridgehead atoms. The fraction of sp³-hybridized carbons (Fsp3) is 0.250. The molecule has 0 aromatic carbocycles. The molecule has 0 radical (unpaired) electrons. The summed E-state index contributed by atoms with van der Waals surface area (Å²) in [6, 6.07) is 5.30. The predicted molar refractivity (Wildman–Crippen MR) is 48.8 cm³/mol. The van der Waals surface area contributed by atoms with Crippen LogP contribution in [0.3, 0.4) is 0 Å². The number of pyridine rings is 1. The zero-order valence-electron chi connectivity index (χ0n) is 6.69. The smallest absolute Gasteiger partial charge is 0.101 e. The van der Waals surface area contributed by atoms with Crippen molar-refractivity contribution in [3.05, 3.63) is 29.6 Å². The van der Waals surface area contributed by atoms with Crippen LogP contribution < -0.4 is 5.73 Å². The molecule has 0 saturated heterocycles. The van der Waals surface area contributed by atoms with E-state index in [1.807, 2.05) is 13.0 Å². The van der Waals surface area contributed by atoms with Crippen LogP contribution in [0.25, 0.3) is 0 Å². The van der Waals surface area contributed by atoms with Gasteiger partial charge in [0.25, 0.3) is 0 Å². The third-order valence-corrected chi connectivity index (χ3v) is 1.39. The molecule has 1 rings (SSSR count). The number of rotatable bonds is 1. The summed E-state index contributed by atoms with van der Waals surface area (Å²) in [4.78, 5) is 4.00. The van der Waals surface area contributed by atoms with E-state index in [1.54, 1.807) is 18.3 Å². The van der Waals surface area contributed by atoms with Crippen molar-refractivity contribution in [2.24, 2.45) is 5.73 Å². The van der Waals surface area contributed by atoms with Crippen LogP contribution in [0.15, 0.2) is 18.3 Å². The molecule has 3 nitrogen and oxygen atoms in total. The van der Waals surface area contributed by atoms with Crippen LogP contribution in [-0.4, -0.2) is 4.98 Å². The van der Waals surface area contributed by atoms with Crippen molar-refractivity contribution in [3.63, 3.8) is 0 Å². The molecule has 64 valence electrons. The molecule has 2 N–H and O–H groups in total. The second-order valence-corrected chi connectivity index (χ2v) is 2.34. The van der Waals surface area contributed by atoms with Crippen molar-refractivity contribution in [1.29, 1.82) is 5.26 Å². The highest BCUT2D eigenvalue weighted by Crippen LogP contribution is 2.10. The molecule has 0 aliphatic rings. The topological polar surface area (TPSA) is 62.7 Å². The van der Waals surface area contributed by atoms with Crippen molar-refractivity contribution in [1.82, 2.24) is 4.98 Å². The maximum Gasteiger partial charge on any atom is 0.101 e. The molecule has 0 aliphatic heterocycles. The summed E-state index contributed by atoms with van der Waals surface area (Å²) in [5.41, 5.74) is 6.80. The van der Waals surface area contributed by atoms with Crippen LogP contribution in [0, 0.1) is 11.3 Å². The molecular weight excluding hydrogens is 174 g/mol. The molecule has 0 fully saturated rings. The lowest BCUT2D eigenvalue weighted by Gasteiger charge is -2.04. The second-order valence-electron chi connectivity index (χ2n) is 2.34. The fourth-order valence-corrected chi connectivity index (χ4v) is 0.875. The monoisotopic (exact) mass is 183 g/mol. The molecule has 0 spiro atoms. The molecule has 12 heavy (non-hydrogen) atoms. The Balaban J connectivity index is 0.00000121. The van der Waals surface area contributed by atoms with E-state index in [0.717, 1.165) is 0 Å². The lowest BCUT2D eigenvalue weighted by atomic mass is 10.1. The van der Waals surface area contributed by atoms with E-state index >= 15 is 0 Å². The van der Waals surface area contributed by atoms with Crippen LogP contribution >= 0.6 is 12.4 Å². The Hall–Kier alpha value is -1.11. The van der Waals surface area contributed by atoms with Crippen molar-refractivity contribution >= 4 is 12.4 Å². The van der Waals surface area contributed by atoms with Gasteiger partial charge in [0.1, 0.15) is 6.07 Å². The van der Waals surface area contributed by atoms with E-state index in [9.17, 15) is 0 Å². The number of nitriles is 1. The minimum Gasteiger partial charge on any atom is -0.323 e. The van der Waals surface area contributed by atoms with Gasteiger partial charge in [0, 0.05) is 12.2 Å². The molecule has 4 heteroatoms. The largest absolute Gasteiger partial charge is 0.323 e. The Morgan fingerprint density at radius 3 is 2.75 bits per heavy atom. The van der Waals surface area contributed by atoms with E-state index in [-0.39, 0.29) is 18.4 Å². The first kappa shape index (κ1) is 10.9. The number of halogens is 1. The summed E-state index contributed by atoms with van der Waals surface area (Å²) in [5, 5.41) is 8.62. The molecule has 1 atom stereocenters. The Morgan fingerprint density at radius 1 is 1.67 bits per heavy atom. The number of hydrogen-bond donors (Lipinski definition) is 1. The van der Waals surface area contributed by atoms with Crippen LogP contribution in [0.5, 0.6) is 0 Å². The number of aromatic nitrogens is 1. The quantitative estimate of drug-likeness (QED) is 0.716. The highest BCUT2D eigenvalue weighted by molar-refractivity contribution is 5.85. The van der Waals surface area contributed by atoms with Gasteiger partial charge in [0.05, 0.1) is 11.3 Å². The Kier molecular flexibility index (Phi) is 4.27. The first-order valence-corrected chi connectivity index (χ1v) is 3.36. The Morgan fingerprint density at radius 2 is 2.33 bits per heavy atom. The minimum absolute atomic E-state index is 0. The Bertz CT molecular complexity index is 291. The minimum atomic E-state index is -0.175. The van der Waals surface area contributed by atoms with Gasteiger partial charge in [0.15, 0.2) is 0 Å². The summed E-state index contributed by atoms with van der Waals surface area (Å²) in [6.07, 6.45) is 1.64. The third kappa shape index (κ3) is 2.19. The van der Waals surface area contributed by atoms with E-state index in [4.69, 9.17) is 11.0 Å². The average Bonchev–Trinajstić information content (AvgIpc) is 2.04. The Labute approximate surface area is 77.6 Å². The zero-order valence-corrected chi connectivity index (χ0v) is 7.51. The predicted octanol–water partition coefficient (Wildman–Crippen LogP) is 1.39. The van der Waals surface area contributed by atoms with Gasteiger partial charge in [-0.15, -0.1) is 12.4 Å². The van der Waals surface area contributed by atoms with Gasteiger partial charge in [0.2, 0.25) is 0 Å². The van der Waals surface area contributed by atoms with E-state index in [1.165, 1.54) is 0 Å². The van der Waals surface area contributed by atoms with Gasteiger partial charge in [-0.3, -0.25) is 4.98 Å². The SMILES string of the molecule is C[C@@H](N)c1ncccc1C#N.Cl. The molecule has 0 amide bonds. The van der Waals surface area contributed by atoms with Crippen LogP contribution in [-0.2, 0) is 0 Å². The van der Waals surface area contributed by atoms with Gasteiger partial charge in [-0.2, -0.15) is 5.26 Å². The maximum atomic E-state index is 8.62. The number of nitrogens with two attached hydrogens (primary N) is 1. The third-order valence-electron chi connectivity index (χ3n) is 1.39. The molecule has 1 aromatic rings. The summed E-state index contributed by atoms with van der Waals surface area (Å²) in [5.74, 6) is 0. The molecular formula is C8H10ClN3. The van der Waals surface area contributed by atoms with Crippen LogP contribution in [0.4, 0.5) is 0 Å². The van der Waals surface area contributed by atoms with Crippen molar-refractivity contribution in [3.8, 4) is 6.07 Å². The molecule has 1 aromatic heterocycles. The molecule has 1 heterocycles. The van der Waals surface area contributed by atoms with Gasteiger partial charge in [-0.1, -0.05) is 0 Å². The van der Waals surface area contributed by atoms with Gasteiger partial charge in [-0.05, 0) is 19.1 Å². The van der Waals surface area contributed by atoms with Gasteiger partial charge >= 0.3 is 0 Å². The number of nitrogens with zero attached hydrogens (tertiary/aromatic N) is 2. The molecule has 0 unspecified atom stereocenters. The van der Waals surface area contributed by atoms with Gasteiger partial charge in [-0.25, -0.2) is 0 Å². The van der Waals surface area contributed by atoms with Crippen molar-refractivity contribution in [2.75, 3.05) is 0 Å². The average molecular weight is 184 g/mol. The summed E-state index contributed by atoms with van der Waals surface area (Å²) in [6.45, 7) is 1.81. The molecule has 0 saturated carbocycles. The van der Waals surface area contributed by atoms with Crippen LogP contribution in [0.1, 0.15) is 24.2 Å². The fourth-order valence-electron chi connectivity index (χ4n) is 0.875. The maximum absolute atomic E-state index is 8.62. The summed E-state index contributed by atoms with van der Waals surface area (Å²) < 4.78 is 0. The normalized spacial score (nSPS) is 11.1.